The van der Waals surface area contributed by atoms with Gasteiger partial charge in [0.15, 0.2) is 0 Å². The maximum absolute atomic E-state index is 4.03. The Labute approximate surface area is 117 Å². The zero-order valence-electron chi connectivity index (χ0n) is 12.2. The molecule has 1 saturated carbocycles. The van der Waals surface area contributed by atoms with Gasteiger partial charge in [-0.25, -0.2) is 0 Å². The largest absolute Gasteiger partial charge is 0.310 e. The Morgan fingerprint density at radius 1 is 1.11 bits per heavy atom. The highest BCUT2D eigenvalue weighted by Gasteiger charge is 2.41. The average molecular weight is 260 g/mol. The first-order valence-electron chi connectivity index (χ1n) is 8.49. The van der Waals surface area contributed by atoms with Crippen LogP contribution >= 0.6 is 0 Å². The molecule has 0 aromatic heterocycles. The lowest BCUT2D eigenvalue weighted by Gasteiger charge is -2.35. The fraction of sp³-hybridized carbons (Fsp3) is 0.882. The second kappa shape index (κ2) is 4.89. The van der Waals surface area contributed by atoms with Gasteiger partial charge in [0, 0.05) is 24.7 Å². The molecule has 0 aromatic carbocycles. The van der Waals surface area contributed by atoms with Crippen LogP contribution in [0, 0.1) is 17.8 Å². The summed E-state index contributed by atoms with van der Waals surface area (Å²) in [6.07, 6.45) is 13.5. The highest BCUT2D eigenvalue weighted by molar-refractivity contribution is 5.12. The van der Waals surface area contributed by atoms with E-state index in [2.05, 4.69) is 29.3 Å². The van der Waals surface area contributed by atoms with E-state index < -0.39 is 0 Å². The van der Waals surface area contributed by atoms with Gasteiger partial charge >= 0.3 is 0 Å². The number of rotatable bonds is 3. The second-order valence-corrected chi connectivity index (χ2v) is 7.39. The van der Waals surface area contributed by atoms with Crippen LogP contribution in [0.25, 0.3) is 0 Å². The monoisotopic (exact) mass is 260 g/mol. The zero-order valence-corrected chi connectivity index (χ0v) is 12.2. The van der Waals surface area contributed by atoms with Crippen molar-refractivity contribution in [1.82, 2.24) is 10.2 Å². The predicted molar refractivity (Wildman–Crippen MR) is 79.1 cm³/mol. The number of piperidine rings is 1. The Morgan fingerprint density at radius 3 is 2.84 bits per heavy atom. The van der Waals surface area contributed by atoms with Crippen molar-refractivity contribution >= 4 is 0 Å². The molecule has 2 aliphatic heterocycles. The molecule has 6 unspecified atom stereocenters. The van der Waals surface area contributed by atoms with E-state index in [9.17, 15) is 0 Å². The molecule has 2 heteroatoms. The Kier molecular flexibility index (Phi) is 3.19. The molecule has 0 spiro atoms. The summed E-state index contributed by atoms with van der Waals surface area (Å²) < 4.78 is 0. The number of allylic oxidation sites excluding steroid dienone is 2. The number of hydrogen-bond acceptors (Lipinski definition) is 2. The third kappa shape index (κ3) is 2.17. The molecule has 2 nitrogen and oxygen atoms in total. The quantitative estimate of drug-likeness (QED) is 0.785. The Bertz CT molecular complexity index is 364. The van der Waals surface area contributed by atoms with Gasteiger partial charge in [0.05, 0.1) is 0 Å². The summed E-state index contributed by atoms with van der Waals surface area (Å²) in [5.41, 5.74) is 0. The first-order chi connectivity index (χ1) is 9.31. The van der Waals surface area contributed by atoms with E-state index >= 15 is 0 Å². The standard InChI is InChI=1S/C17H28N2/c1-12(15-11-13-5-6-14(15)10-13)18-16-7-9-19-8-3-2-4-17(16)19/h5-6,12-18H,2-4,7-11H2,1H3. The molecule has 2 aliphatic carbocycles. The maximum Gasteiger partial charge on any atom is 0.0249 e. The summed E-state index contributed by atoms with van der Waals surface area (Å²) in [5.74, 6) is 2.71. The minimum Gasteiger partial charge on any atom is -0.310 e. The van der Waals surface area contributed by atoms with E-state index in [0.717, 1.165) is 29.8 Å². The van der Waals surface area contributed by atoms with Crippen LogP contribution in [-0.4, -0.2) is 36.1 Å². The second-order valence-electron chi connectivity index (χ2n) is 7.39. The average Bonchev–Trinajstić information content (AvgIpc) is 3.14. The van der Waals surface area contributed by atoms with Gasteiger partial charge in [0.25, 0.3) is 0 Å². The maximum atomic E-state index is 4.03. The lowest BCUT2D eigenvalue weighted by atomic mass is 9.86. The molecule has 3 fully saturated rings. The molecule has 2 bridgehead atoms. The lowest BCUT2D eigenvalue weighted by Crippen LogP contribution is -2.49. The van der Waals surface area contributed by atoms with Crippen molar-refractivity contribution in [3.63, 3.8) is 0 Å². The van der Waals surface area contributed by atoms with Crippen molar-refractivity contribution in [3.05, 3.63) is 12.2 Å². The summed E-state index contributed by atoms with van der Waals surface area (Å²) in [4.78, 5) is 2.74. The van der Waals surface area contributed by atoms with Gasteiger partial charge in [-0.3, -0.25) is 4.90 Å². The Morgan fingerprint density at radius 2 is 2.05 bits per heavy atom. The number of fused-ring (bicyclic) bond motifs is 3. The molecule has 0 amide bonds. The van der Waals surface area contributed by atoms with Gasteiger partial charge < -0.3 is 5.32 Å². The number of hydrogen-bond donors (Lipinski definition) is 1. The summed E-state index contributed by atoms with van der Waals surface area (Å²) in [7, 11) is 0. The van der Waals surface area contributed by atoms with E-state index in [1.54, 1.807) is 0 Å². The van der Waals surface area contributed by atoms with Crippen molar-refractivity contribution in [2.24, 2.45) is 17.8 Å². The number of nitrogens with one attached hydrogen (secondary N) is 1. The number of nitrogens with zero attached hydrogens (tertiary/aromatic N) is 1. The fourth-order valence-electron chi connectivity index (χ4n) is 5.30. The molecule has 4 rings (SSSR count). The fourth-order valence-corrected chi connectivity index (χ4v) is 5.30. The van der Waals surface area contributed by atoms with Crippen LogP contribution in [0.2, 0.25) is 0 Å². The SMILES string of the molecule is CC(NC1CCN2CCCCC12)C1CC2C=CC1C2. The van der Waals surface area contributed by atoms with Crippen LogP contribution in [0.3, 0.4) is 0 Å². The first kappa shape index (κ1) is 12.4. The first-order valence-corrected chi connectivity index (χ1v) is 8.49. The van der Waals surface area contributed by atoms with Gasteiger partial charge in [-0.15, -0.1) is 0 Å². The van der Waals surface area contributed by atoms with Crippen molar-refractivity contribution in [2.45, 2.75) is 63.6 Å². The van der Waals surface area contributed by atoms with Gasteiger partial charge in [-0.2, -0.15) is 0 Å². The smallest absolute Gasteiger partial charge is 0.0249 e. The van der Waals surface area contributed by atoms with E-state index in [1.807, 2.05) is 0 Å². The van der Waals surface area contributed by atoms with E-state index in [1.165, 1.54) is 51.6 Å². The summed E-state index contributed by atoms with van der Waals surface area (Å²) in [5, 5.41) is 4.03. The normalized spacial score (nSPS) is 46.7. The van der Waals surface area contributed by atoms with Crippen LogP contribution in [0.15, 0.2) is 12.2 Å². The topological polar surface area (TPSA) is 15.3 Å². The van der Waals surface area contributed by atoms with E-state index in [-0.39, 0.29) is 0 Å². The van der Waals surface area contributed by atoms with Crippen molar-refractivity contribution < 1.29 is 0 Å². The van der Waals surface area contributed by atoms with Gasteiger partial charge in [0.1, 0.15) is 0 Å². The molecule has 2 saturated heterocycles. The van der Waals surface area contributed by atoms with Crippen molar-refractivity contribution in [1.29, 1.82) is 0 Å². The van der Waals surface area contributed by atoms with Crippen LogP contribution in [-0.2, 0) is 0 Å². The molecule has 0 radical (unpaired) electrons. The summed E-state index contributed by atoms with van der Waals surface area (Å²) in [6, 6.07) is 2.34. The highest BCUT2D eigenvalue weighted by Crippen LogP contribution is 2.45. The van der Waals surface area contributed by atoms with E-state index in [4.69, 9.17) is 0 Å². The Hall–Kier alpha value is -0.340. The van der Waals surface area contributed by atoms with Crippen molar-refractivity contribution in [3.8, 4) is 0 Å². The molecule has 6 atom stereocenters. The van der Waals surface area contributed by atoms with Gasteiger partial charge in [-0.1, -0.05) is 18.6 Å². The molecular weight excluding hydrogens is 232 g/mol. The van der Waals surface area contributed by atoms with Crippen LogP contribution < -0.4 is 5.32 Å². The molecule has 19 heavy (non-hydrogen) atoms. The molecule has 1 N–H and O–H groups in total. The third-order valence-electron chi connectivity index (χ3n) is 6.31. The molecule has 2 heterocycles. The zero-order chi connectivity index (χ0) is 12.8. The van der Waals surface area contributed by atoms with Gasteiger partial charge in [-0.05, 0) is 63.3 Å². The van der Waals surface area contributed by atoms with Gasteiger partial charge in [0.2, 0.25) is 0 Å². The van der Waals surface area contributed by atoms with Crippen LogP contribution in [0.4, 0.5) is 0 Å². The minimum absolute atomic E-state index is 0.715. The Balaban J connectivity index is 1.37. The van der Waals surface area contributed by atoms with Crippen LogP contribution in [0.5, 0.6) is 0 Å². The minimum atomic E-state index is 0.715. The summed E-state index contributed by atoms with van der Waals surface area (Å²) in [6.45, 7) is 5.14. The molecule has 106 valence electrons. The summed E-state index contributed by atoms with van der Waals surface area (Å²) >= 11 is 0. The lowest BCUT2D eigenvalue weighted by molar-refractivity contribution is 0.170. The molecular formula is C17H28N2. The highest BCUT2D eigenvalue weighted by atomic mass is 15.2. The predicted octanol–water partition coefficient (Wildman–Crippen LogP) is 2.80. The molecule has 0 aromatic rings. The molecule has 4 aliphatic rings. The third-order valence-corrected chi connectivity index (χ3v) is 6.31. The van der Waals surface area contributed by atoms with E-state index in [0.29, 0.717) is 6.04 Å². The van der Waals surface area contributed by atoms with Crippen LogP contribution in [0.1, 0.15) is 45.4 Å². The van der Waals surface area contributed by atoms with Crippen molar-refractivity contribution in [2.75, 3.05) is 13.1 Å².